The molecular formula is C20H27N5O. The van der Waals surface area contributed by atoms with Gasteiger partial charge >= 0.3 is 0 Å². The minimum atomic E-state index is 0.161. The monoisotopic (exact) mass is 353 g/mol. The van der Waals surface area contributed by atoms with Crippen molar-refractivity contribution in [2.45, 2.75) is 44.7 Å². The highest BCUT2D eigenvalue weighted by Gasteiger charge is 2.27. The number of likely N-dealkylation sites (tertiary alicyclic amines) is 2. The van der Waals surface area contributed by atoms with Crippen LogP contribution in [0.15, 0.2) is 36.9 Å². The van der Waals surface area contributed by atoms with E-state index in [2.05, 4.69) is 15.0 Å². The zero-order valence-electron chi connectivity index (χ0n) is 15.3. The molecule has 3 heterocycles. The van der Waals surface area contributed by atoms with Crippen molar-refractivity contribution in [3.8, 4) is 0 Å². The molecule has 2 fully saturated rings. The highest BCUT2D eigenvalue weighted by atomic mass is 16.2. The zero-order chi connectivity index (χ0) is 17.8. The van der Waals surface area contributed by atoms with Crippen molar-refractivity contribution in [1.29, 1.82) is 0 Å². The average Bonchev–Trinajstić information content (AvgIpc) is 3.22. The Labute approximate surface area is 154 Å². The molecule has 0 bridgehead atoms. The van der Waals surface area contributed by atoms with Crippen LogP contribution in [-0.2, 0) is 6.54 Å². The number of piperidine rings is 2. The Morgan fingerprint density at radius 2 is 1.73 bits per heavy atom. The molecule has 0 saturated carbocycles. The van der Waals surface area contributed by atoms with Gasteiger partial charge in [-0.2, -0.15) is 5.10 Å². The molecule has 0 spiro atoms. The fraction of sp³-hybridized carbons (Fsp3) is 0.550. The normalized spacial score (nSPS) is 19.6. The molecule has 138 valence electrons. The van der Waals surface area contributed by atoms with Gasteiger partial charge in [-0.3, -0.25) is 4.79 Å². The van der Waals surface area contributed by atoms with Crippen molar-refractivity contribution >= 4 is 5.91 Å². The van der Waals surface area contributed by atoms with E-state index in [0.717, 1.165) is 37.1 Å². The van der Waals surface area contributed by atoms with E-state index in [1.165, 1.54) is 38.7 Å². The zero-order valence-corrected chi connectivity index (χ0v) is 15.3. The van der Waals surface area contributed by atoms with Gasteiger partial charge in [-0.25, -0.2) is 9.67 Å². The number of rotatable bonds is 4. The van der Waals surface area contributed by atoms with Gasteiger partial charge in [-0.05, 0) is 56.5 Å². The van der Waals surface area contributed by atoms with E-state index in [1.807, 2.05) is 29.2 Å². The predicted octanol–water partition coefficient (Wildman–Crippen LogP) is 2.42. The molecule has 6 nitrogen and oxygen atoms in total. The summed E-state index contributed by atoms with van der Waals surface area (Å²) in [5.41, 5.74) is 1.90. The SMILES string of the molecule is O=C(c1ccc(Cn2cncn2)cc1)N1CCC(N2CCCCC2)CC1. The van der Waals surface area contributed by atoms with Crippen LogP contribution in [-0.4, -0.2) is 62.7 Å². The molecule has 0 radical (unpaired) electrons. The number of aromatic nitrogens is 3. The first-order valence-electron chi connectivity index (χ1n) is 9.74. The molecule has 2 aromatic rings. The van der Waals surface area contributed by atoms with Gasteiger partial charge in [-0.1, -0.05) is 18.6 Å². The Morgan fingerprint density at radius 1 is 1.00 bits per heavy atom. The Kier molecular flexibility index (Phi) is 5.29. The highest BCUT2D eigenvalue weighted by molar-refractivity contribution is 5.94. The fourth-order valence-electron chi connectivity index (χ4n) is 4.15. The second-order valence-corrected chi connectivity index (χ2v) is 7.41. The summed E-state index contributed by atoms with van der Waals surface area (Å²) in [6.07, 6.45) is 9.49. The number of nitrogens with zero attached hydrogens (tertiary/aromatic N) is 5. The minimum Gasteiger partial charge on any atom is -0.339 e. The van der Waals surface area contributed by atoms with Gasteiger partial charge in [0.1, 0.15) is 12.7 Å². The van der Waals surface area contributed by atoms with Gasteiger partial charge < -0.3 is 9.80 Å². The Balaban J connectivity index is 1.31. The van der Waals surface area contributed by atoms with Gasteiger partial charge in [0.2, 0.25) is 0 Å². The van der Waals surface area contributed by atoms with Crippen LogP contribution in [0.4, 0.5) is 0 Å². The Hall–Kier alpha value is -2.21. The van der Waals surface area contributed by atoms with Crippen molar-refractivity contribution < 1.29 is 4.79 Å². The van der Waals surface area contributed by atoms with Crippen LogP contribution >= 0.6 is 0 Å². The van der Waals surface area contributed by atoms with E-state index >= 15 is 0 Å². The lowest BCUT2D eigenvalue weighted by molar-refractivity contribution is 0.0590. The summed E-state index contributed by atoms with van der Waals surface area (Å²) in [5.74, 6) is 0.161. The van der Waals surface area contributed by atoms with E-state index in [1.54, 1.807) is 11.0 Å². The molecule has 0 unspecified atom stereocenters. The maximum absolute atomic E-state index is 12.8. The van der Waals surface area contributed by atoms with Crippen LogP contribution in [0.5, 0.6) is 0 Å². The van der Waals surface area contributed by atoms with Gasteiger partial charge in [0.05, 0.1) is 6.54 Å². The smallest absolute Gasteiger partial charge is 0.253 e. The number of carbonyl (C=O) groups is 1. The quantitative estimate of drug-likeness (QED) is 0.847. The topological polar surface area (TPSA) is 54.3 Å². The second kappa shape index (κ2) is 7.99. The van der Waals surface area contributed by atoms with Crippen LogP contribution < -0.4 is 0 Å². The number of hydrogen-bond donors (Lipinski definition) is 0. The molecule has 0 N–H and O–H groups in total. The van der Waals surface area contributed by atoms with Crippen molar-refractivity contribution in [3.05, 3.63) is 48.0 Å². The van der Waals surface area contributed by atoms with Crippen LogP contribution in [0.1, 0.15) is 48.0 Å². The van der Waals surface area contributed by atoms with Crippen molar-refractivity contribution in [3.63, 3.8) is 0 Å². The molecule has 2 saturated heterocycles. The first-order chi connectivity index (χ1) is 12.8. The van der Waals surface area contributed by atoms with E-state index in [-0.39, 0.29) is 5.91 Å². The third kappa shape index (κ3) is 3.96. The summed E-state index contributed by atoms with van der Waals surface area (Å²) < 4.78 is 1.78. The maximum Gasteiger partial charge on any atom is 0.253 e. The average molecular weight is 353 g/mol. The highest BCUT2D eigenvalue weighted by Crippen LogP contribution is 2.22. The van der Waals surface area contributed by atoms with Gasteiger partial charge in [0.25, 0.3) is 5.91 Å². The van der Waals surface area contributed by atoms with Crippen molar-refractivity contribution in [2.75, 3.05) is 26.2 Å². The molecule has 6 heteroatoms. The summed E-state index contributed by atoms with van der Waals surface area (Å²) in [6, 6.07) is 8.56. The Morgan fingerprint density at radius 3 is 2.38 bits per heavy atom. The molecule has 1 amide bonds. The van der Waals surface area contributed by atoms with Crippen molar-refractivity contribution in [1.82, 2.24) is 24.6 Å². The molecule has 2 aliphatic heterocycles. The number of benzene rings is 1. The lowest BCUT2D eigenvalue weighted by Gasteiger charge is -2.40. The van der Waals surface area contributed by atoms with Crippen LogP contribution in [0.3, 0.4) is 0 Å². The largest absolute Gasteiger partial charge is 0.339 e. The van der Waals surface area contributed by atoms with Crippen LogP contribution in [0.2, 0.25) is 0 Å². The molecule has 26 heavy (non-hydrogen) atoms. The summed E-state index contributed by atoms with van der Waals surface area (Å²) in [4.78, 5) is 21.4. The third-order valence-electron chi connectivity index (χ3n) is 5.67. The standard InChI is InChI=1S/C20H27N5O/c26-20(18-6-4-17(5-7-18)14-25-16-21-15-22-25)24-12-8-19(9-13-24)23-10-2-1-3-11-23/h4-7,15-16,19H,1-3,8-14H2. The summed E-state index contributed by atoms with van der Waals surface area (Å²) in [7, 11) is 0. The molecular weight excluding hydrogens is 326 g/mol. The van der Waals surface area contributed by atoms with Crippen molar-refractivity contribution in [2.24, 2.45) is 0 Å². The molecule has 0 atom stereocenters. The number of amides is 1. The van der Waals surface area contributed by atoms with Gasteiger partial charge in [0, 0.05) is 24.7 Å². The van der Waals surface area contributed by atoms with E-state index in [4.69, 9.17) is 0 Å². The van der Waals surface area contributed by atoms with Gasteiger partial charge in [0.15, 0.2) is 0 Å². The molecule has 1 aromatic carbocycles. The summed E-state index contributed by atoms with van der Waals surface area (Å²) in [5, 5.41) is 4.11. The van der Waals surface area contributed by atoms with Crippen LogP contribution in [0, 0.1) is 0 Å². The first-order valence-corrected chi connectivity index (χ1v) is 9.74. The van der Waals surface area contributed by atoms with E-state index in [9.17, 15) is 4.79 Å². The Bertz CT molecular complexity index is 698. The molecule has 2 aliphatic rings. The maximum atomic E-state index is 12.8. The lowest BCUT2D eigenvalue weighted by Crippen LogP contribution is -2.48. The molecule has 1 aromatic heterocycles. The van der Waals surface area contributed by atoms with E-state index in [0.29, 0.717) is 12.6 Å². The van der Waals surface area contributed by atoms with Gasteiger partial charge in [-0.15, -0.1) is 0 Å². The fourth-order valence-corrected chi connectivity index (χ4v) is 4.15. The second-order valence-electron chi connectivity index (χ2n) is 7.41. The van der Waals surface area contributed by atoms with E-state index < -0.39 is 0 Å². The number of carbonyl (C=O) groups excluding carboxylic acids is 1. The third-order valence-corrected chi connectivity index (χ3v) is 5.67. The molecule has 0 aliphatic carbocycles. The first kappa shape index (κ1) is 17.2. The summed E-state index contributed by atoms with van der Waals surface area (Å²) >= 11 is 0. The predicted molar refractivity (Wildman–Crippen MR) is 99.9 cm³/mol. The lowest BCUT2D eigenvalue weighted by atomic mass is 9.99. The minimum absolute atomic E-state index is 0.161. The summed E-state index contributed by atoms with van der Waals surface area (Å²) in [6.45, 7) is 4.91. The van der Waals surface area contributed by atoms with Crippen LogP contribution in [0.25, 0.3) is 0 Å². The molecule has 4 rings (SSSR count). The number of hydrogen-bond acceptors (Lipinski definition) is 4.